The molecular weight excluding hydrogens is 246 g/mol. The smallest absolute Gasteiger partial charge is 0.194 e. The summed E-state index contributed by atoms with van der Waals surface area (Å²) >= 11 is 0. The molecule has 2 heterocycles. The average Bonchev–Trinajstić information content (AvgIpc) is 2.38. The van der Waals surface area contributed by atoms with Gasteiger partial charge in [0.15, 0.2) is 5.43 Å². The van der Waals surface area contributed by atoms with Crippen molar-refractivity contribution >= 4 is 11.0 Å². The molecule has 3 aromatic rings. The van der Waals surface area contributed by atoms with Crippen LogP contribution in [0.1, 0.15) is 0 Å². The second kappa shape index (κ2) is 4.13. The first-order valence-electron chi connectivity index (χ1n) is 5.55. The van der Waals surface area contributed by atoms with Crippen LogP contribution < -0.4 is 5.43 Å². The number of aromatic hydroxyl groups is 2. The van der Waals surface area contributed by atoms with Gasteiger partial charge in [-0.15, -0.1) is 0 Å². The Bertz CT molecular complexity index is 823. The molecule has 0 unspecified atom stereocenters. The fourth-order valence-corrected chi connectivity index (χ4v) is 1.86. The van der Waals surface area contributed by atoms with Gasteiger partial charge in [-0.05, 0) is 18.2 Å². The zero-order valence-electron chi connectivity index (χ0n) is 9.70. The number of fused-ring (bicyclic) bond motifs is 1. The Morgan fingerprint density at radius 3 is 2.74 bits per heavy atom. The van der Waals surface area contributed by atoms with E-state index >= 15 is 0 Å². The van der Waals surface area contributed by atoms with E-state index in [0.717, 1.165) is 0 Å². The molecule has 94 valence electrons. The third-order valence-electron chi connectivity index (χ3n) is 2.78. The fourth-order valence-electron chi connectivity index (χ4n) is 1.86. The van der Waals surface area contributed by atoms with Crippen molar-refractivity contribution in [3.05, 3.63) is 52.9 Å². The van der Waals surface area contributed by atoms with Crippen molar-refractivity contribution in [2.75, 3.05) is 0 Å². The van der Waals surface area contributed by atoms with Gasteiger partial charge in [0, 0.05) is 24.5 Å². The molecule has 1 aromatic carbocycles. The normalized spacial score (nSPS) is 10.7. The molecule has 0 aliphatic heterocycles. The first-order chi connectivity index (χ1) is 9.15. The number of nitrogens with zero attached hydrogens (tertiary/aromatic N) is 1. The molecule has 0 fully saturated rings. The van der Waals surface area contributed by atoms with Gasteiger partial charge in [-0.25, -0.2) is 0 Å². The Labute approximate surface area is 107 Å². The molecule has 0 aliphatic rings. The Hall–Kier alpha value is -2.82. The predicted octanol–water partition coefficient (Wildman–Crippen LogP) is 2.27. The predicted molar refractivity (Wildman–Crippen MR) is 69.0 cm³/mol. The maximum absolute atomic E-state index is 11.9. The van der Waals surface area contributed by atoms with Crippen molar-refractivity contribution < 1.29 is 14.6 Å². The Balaban J connectivity index is 2.28. The number of phenolic OH excluding ortho intramolecular Hbond substituents is 2. The minimum Gasteiger partial charge on any atom is -0.508 e. The van der Waals surface area contributed by atoms with Crippen LogP contribution in [0.25, 0.3) is 22.3 Å². The van der Waals surface area contributed by atoms with Crippen molar-refractivity contribution in [2.45, 2.75) is 0 Å². The number of pyridine rings is 1. The highest BCUT2D eigenvalue weighted by Gasteiger charge is 2.11. The summed E-state index contributed by atoms with van der Waals surface area (Å²) in [5.41, 5.74) is 0.496. The molecule has 2 N–H and O–H groups in total. The Kier molecular flexibility index (Phi) is 2.45. The minimum atomic E-state index is -0.239. The monoisotopic (exact) mass is 255 g/mol. The summed E-state index contributed by atoms with van der Waals surface area (Å²) in [6.07, 6.45) is 2.95. The molecule has 0 radical (unpaired) electrons. The summed E-state index contributed by atoms with van der Waals surface area (Å²) in [6.45, 7) is 0. The molecule has 0 saturated carbocycles. The van der Waals surface area contributed by atoms with Crippen LogP contribution in [0.2, 0.25) is 0 Å². The number of phenols is 2. The third-order valence-corrected chi connectivity index (χ3v) is 2.78. The zero-order chi connectivity index (χ0) is 13.4. The summed E-state index contributed by atoms with van der Waals surface area (Å²) in [5.74, 6) is 0.0198. The standard InChI is InChI=1S/C14H9NO4/c16-8-1-2-9(11(17)5-8)14-6-12(18)10-7-15-4-3-13(10)19-14/h1-7,16-17H. The number of hydrogen-bond acceptors (Lipinski definition) is 5. The van der Waals surface area contributed by atoms with Crippen molar-refractivity contribution in [3.63, 3.8) is 0 Å². The molecule has 5 heteroatoms. The van der Waals surface area contributed by atoms with Crippen LogP contribution in [0.15, 0.2) is 51.9 Å². The highest BCUT2D eigenvalue weighted by molar-refractivity contribution is 5.78. The highest BCUT2D eigenvalue weighted by atomic mass is 16.3. The van der Waals surface area contributed by atoms with Crippen LogP contribution in [0, 0.1) is 0 Å². The van der Waals surface area contributed by atoms with E-state index in [1.807, 2.05) is 0 Å². The Morgan fingerprint density at radius 1 is 1.11 bits per heavy atom. The van der Waals surface area contributed by atoms with Crippen molar-refractivity contribution in [1.82, 2.24) is 4.98 Å². The number of rotatable bonds is 1. The quantitative estimate of drug-likeness (QED) is 0.696. The lowest BCUT2D eigenvalue weighted by molar-refractivity contribution is 0.450. The molecule has 0 amide bonds. The van der Waals surface area contributed by atoms with Crippen molar-refractivity contribution in [3.8, 4) is 22.8 Å². The Morgan fingerprint density at radius 2 is 1.95 bits per heavy atom. The van der Waals surface area contributed by atoms with Gasteiger partial charge in [-0.3, -0.25) is 9.78 Å². The van der Waals surface area contributed by atoms with Crippen LogP contribution in [-0.2, 0) is 0 Å². The molecule has 0 saturated heterocycles. The van der Waals surface area contributed by atoms with E-state index in [4.69, 9.17) is 4.42 Å². The van der Waals surface area contributed by atoms with E-state index in [-0.39, 0.29) is 22.7 Å². The number of aromatic nitrogens is 1. The van der Waals surface area contributed by atoms with E-state index < -0.39 is 0 Å². The molecule has 3 rings (SSSR count). The molecule has 0 aliphatic carbocycles. The van der Waals surface area contributed by atoms with E-state index in [1.165, 1.54) is 36.7 Å². The molecule has 0 spiro atoms. The largest absolute Gasteiger partial charge is 0.508 e. The molecule has 19 heavy (non-hydrogen) atoms. The molecular formula is C14H9NO4. The van der Waals surface area contributed by atoms with Gasteiger partial charge in [0.2, 0.25) is 0 Å². The van der Waals surface area contributed by atoms with Gasteiger partial charge in [-0.2, -0.15) is 0 Å². The van der Waals surface area contributed by atoms with E-state index in [1.54, 1.807) is 6.07 Å². The summed E-state index contributed by atoms with van der Waals surface area (Å²) in [5, 5.41) is 19.4. The maximum atomic E-state index is 11.9. The fraction of sp³-hybridized carbons (Fsp3) is 0. The summed E-state index contributed by atoms with van der Waals surface area (Å²) in [4.78, 5) is 15.8. The molecule has 0 atom stereocenters. The zero-order valence-corrected chi connectivity index (χ0v) is 9.70. The average molecular weight is 255 g/mol. The van der Waals surface area contributed by atoms with Crippen LogP contribution in [0.5, 0.6) is 11.5 Å². The third kappa shape index (κ3) is 1.91. The van der Waals surface area contributed by atoms with Crippen molar-refractivity contribution in [1.29, 1.82) is 0 Å². The number of benzene rings is 1. The lowest BCUT2D eigenvalue weighted by atomic mass is 10.1. The molecule has 0 bridgehead atoms. The van der Waals surface area contributed by atoms with Crippen LogP contribution in [0.3, 0.4) is 0 Å². The molecule has 5 nitrogen and oxygen atoms in total. The first-order valence-corrected chi connectivity index (χ1v) is 5.55. The van der Waals surface area contributed by atoms with Crippen LogP contribution >= 0.6 is 0 Å². The van der Waals surface area contributed by atoms with Gasteiger partial charge in [0.1, 0.15) is 22.8 Å². The second-order valence-corrected chi connectivity index (χ2v) is 4.05. The topological polar surface area (TPSA) is 83.6 Å². The summed E-state index contributed by atoms with van der Waals surface area (Å²) < 4.78 is 5.57. The minimum absolute atomic E-state index is 0.0615. The van der Waals surface area contributed by atoms with E-state index in [2.05, 4.69) is 4.98 Å². The summed E-state index contributed by atoms with van der Waals surface area (Å²) in [7, 11) is 0. The summed E-state index contributed by atoms with van der Waals surface area (Å²) in [6, 6.07) is 6.95. The second-order valence-electron chi connectivity index (χ2n) is 4.05. The van der Waals surface area contributed by atoms with Gasteiger partial charge >= 0.3 is 0 Å². The number of hydrogen-bond donors (Lipinski definition) is 2. The van der Waals surface area contributed by atoms with Crippen molar-refractivity contribution in [2.24, 2.45) is 0 Å². The van der Waals surface area contributed by atoms with Gasteiger partial charge in [0.25, 0.3) is 0 Å². The lowest BCUT2D eigenvalue weighted by Gasteiger charge is -2.05. The van der Waals surface area contributed by atoms with Gasteiger partial charge in [-0.1, -0.05) is 0 Å². The highest BCUT2D eigenvalue weighted by Crippen LogP contribution is 2.32. The first kappa shape index (κ1) is 11.3. The van der Waals surface area contributed by atoms with Crippen LogP contribution in [0.4, 0.5) is 0 Å². The van der Waals surface area contributed by atoms with E-state index in [9.17, 15) is 15.0 Å². The van der Waals surface area contributed by atoms with Crippen LogP contribution in [-0.4, -0.2) is 15.2 Å². The SMILES string of the molecule is O=c1cc(-c2ccc(O)cc2O)oc2ccncc12. The van der Waals surface area contributed by atoms with Gasteiger partial charge in [0.05, 0.1) is 10.9 Å². The van der Waals surface area contributed by atoms with E-state index in [0.29, 0.717) is 16.5 Å². The van der Waals surface area contributed by atoms with Gasteiger partial charge < -0.3 is 14.6 Å². The molecule has 2 aromatic heterocycles. The maximum Gasteiger partial charge on any atom is 0.194 e. The lowest BCUT2D eigenvalue weighted by Crippen LogP contribution is -2.00.